The number of benzene rings is 1. The molecule has 1 spiro atoms. The van der Waals surface area contributed by atoms with Gasteiger partial charge in [0.1, 0.15) is 0 Å². The van der Waals surface area contributed by atoms with Crippen LogP contribution in [-0.4, -0.2) is 76.2 Å². The number of hydrogen-bond donors (Lipinski definition) is 0. The first kappa shape index (κ1) is 22.0. The Labute approximate surface area is 189 Å². The zero-order chi connectivity index (χ0) is 23.0. The SMILES string of the molecule is CC(C)N1C(=O)c2ccccc2C(C(=O)N(C)C)C12CCN(C(=O)c1ccncc1)CC2. The lowest BCUT2D eigenvalue weighted by atomic mass is 9.66. The lowest BCUT2D eigenvalue weighted by molar-refractivity contribution is -0.136. The van der Waals surface area contributed by atoms with Gasteiger partial charge in [0, 0.05) is 56.7 Å². The van der Waals surface area contributed by atoms with Gasteiger partial charge in [0.05, 0.1) is 11.5 Å². The van der Waals surface area contributed by atoms with E-state index in [2.05, 4.69) is 4.98 Å². The lowest BCUT2D eigenvalue weighted by Gasteiger charge is -2.56. The molecule has 2 aromatic rings. The molecule has 1 aromatic carbocycles. The third kappa shape index (κ3) is 3.45. The van der Waals surface area contributed by atoms with Crippen LogP contribution >= 0.6 is 0 Å². The molecule has 1 saturated heterocycles. The van der Waals surface area contributed by atoms with Gasteiger partial charge in [-0.3, -0.25) is 19.4 Å². The quantitative estimate of drug-likeness (QED) is 0.745. The summed E-state index contributed by atoms with van der Waals surface area (Å²) in [5.74, 6) is -0.555. The third-order valence-electron chi connectivity index (χ3n) is 6.79. The molecule has 1 unspecified atom stereocenters. The Morgan fingerprint density at radius 3 is 2.28 bits per heavy atom. The van der Waals surface area contributed by atoms with Crippen LogP contribution in [0.4, 0.5) is 0 Å². The summed E-state index contributed by atoms with van der Waals surface area (Å²) in [5, 5.41) is 0. The van der Waals surface area contributed by atoms with E-state index in [0.717, 1.165) is 5.56 Å². The molecule has 2 aliphatic heterocycles. The van der Waals surface area contributed by atoms with Crippen LogP contribution in [0.15, 0.2) is 48.8 Å². The molecule has 168 valence electrons. The Hall–Kier alpha value is -3.22. The first-order valence-corrected chi connectivity index (χ1v) is 11.1. The number of nitrogens with zero attached hydrogens (tertiary/aromatic N) is 4. The highest BCUT2D eigenvalue weighted by atomic mass is 16.2. The molecule has 1 fully saturated rings. The fraction of sp³-hybridized carbons (Fsp3) is 0.440. The summed E-state index contributed by atoms with van der Waals surface area (Å²) in [5.41, 5.74) is 1.32. The van der Waals surface area contributed by atoms with Crippen molar-refractivity contribution in [1.82, 2.24) is 19.7 Å². The number of piperidine rings is 1. The lowest BCUT2D eigenvalue weighted by Crippen LogP contribution is -2.67. The minimum absolute atomic E-state index is 0.00971. The van der Waals surface area contributed by atoms with E-state index in [1.807, 2.05) is 47.9 Å². The van der Waals surface area contributed by atoms with Gasteiger partial charge in [-0.1, -0.05) is 18.2 Å². The molecule has 1 aromatic heterocycles. The predicted octanol–water partition coefficient (Wildman–Crippen LogP) is 2.79. The van der Waals surface area contributed by atoms with Gasteiger partial charge >= 0.3 is 0 Å². The highest BCUT2D eigenvalue weighted by Gasteiger charge is 2.56. The fourth-order valence-corrected chi connectivity index (χ4v) is 5.38. The average Bonchev–Trinajstić information content (AvgIpc) is 2.79. The second-order valence-corrected chi connectivity index (χ2v) is 9.15. The van der Waals surface area contributed by atoms with Crippen molar-refractivity contribution in [3.63, 3.8) is 0 Å². The van der Waals surface area contributed by atoms with E-state index in [1.165, 1.54) is 0 Å². The van der Waals surface area contributed by atoms with Crippen LogP contribution in [0.5, 0.6) is 0 Å². The maximum Gasteiger partial charge on any atom is 0.254 e. The zero-order valence-corrected chi connectivity index (χ0v) is 19.1. The van der Waals surface area contributed by atoms with Crippen molar-refractivity contribution < 1.29 is 14.4 Å². The van der Waals surface area contributed by atoms with E-state index < -0.39 is 11.5 Å². The average molecular weight is 435 g/mol. The first-order chi connectivity index (χ1) is 15.3. The Bertz CT molecular complexity index is 1030. The number of rotatable bonds is 3. The number of carbonyl (C=O) groups excluding carboxylic acids is 3. The number of likely N-dealkylation sites (tertiary alicyclic amines) is 1. The maximum atomic E-state index is 13.6. The molecule has 1 atom stereocenters. The summed E-state index contributed by atoms with van der Waals surface area (Å²) in [6.45, 7) is 4.96. The van der Waals surface area contributed by atoms with Gasteiger partial charge in [0.2, 0.25) is 5.91 Å². The normalized spacial score (nSPS) is 19.8. The highest BCUT2D eigenvalue weighted by Crippen LogP contribution is 2.48. The van der Waals surface area contributed by atoms with Gasteiger partial charge in [-0.25, -0.2) is 0 Å². The van der Waals surface area contributed by atoms with Crippen molar-refractivity contribution >= 4 is 17.7 Å². The Kier molecular flexibility index (Phi) is 5.75. The van der Waals surface area contributed by atoms with E-state index in [0.29, 0.717) is 37.1 Å². The molecular formula is C25H30N4O3. The Morgan fingerprint density at radius 1 is 1.06 bits per heavy atom. The van der Waals surface area contributed by atoms with Crippen LogP contribution in [0.3, 0.4) is 0 Å². The van der Waals surface area contributed by atoms with Gasteiger partial charge < -0.3 is 14.7 Å². The molecule has 3 heterocycles. The van der Waals surface area contributed by atoms with Crippen LogP contribution < -0.4 is 0 Å². The van der Waals surface area contributed by atoms with Crippen LogP contribution in [-0.2, 0) is 4.79 Å². The van der Waals surface area contributed by atoms with Crippen LogP contribution in [0.2, 0.25) is 0 Å². The molecule has 7 nitrogen and oxygen atoms in total. The van der Waals surface area contributed by atoms with Crippen molar-refractivity contribution in [1.29, 1.82) is 0 Å². The molecule has 0 saturated carbocycles. The molecule has 0 bridgehead atoms. The summed E-state index contributed by atoms with van der Waals surface area (Å²) in [6, 6.07) is 10.8. The van der Waals surface area contributed by atoms with E-state index in [1.54, 1.807) is 43.5 Å². The molecule has 7 heteroatoms. The molecule has 2 aliphatic rings. The van der Waals surface area contributed by atoms with Crippen molar-refractivity contribution in [2.45, 2.75) is 44.2 Å². The second kappa shape index (κ2) is 8.37. The largest absolute Gasteiger partial charge is 0.348 e. The molecule has 3 amide bonds. The molecule has 4 rings (SSSR count). The van der Waals surface area contributed by atoms with E-state index >= 15 is 0 Å². The van der Waals surface area contributed by atoms with Gasteiger partial charge in [-0.15, -0.1) is 0 Å². The monoisotopic (exact) mass is 434 g/mol. The molecule has 0 N–H and O–H groups in total. The van der Waals surface area contributed by atoms with Gasteiger partial charge in [-0.2, -0.15) is 0 Å². The van der Waals surface area contributed by atoms with Crippen molar-refractivity contribution in [3.05, 3.63) is 65.5 Å². The number of hydrogen-bond acceptors (Lipinski definition) is 4. The van der Waals surface area contributed by atoms with E-state index in [-0.39, 0.29) is 23.8 Å². The minimum atomic E-state index is -0.671. The number of carbonyl (C=O) groups is 3. The number of likely N-dealkylation sites (N-methyl/N-ethyl adjacent to an activating group) is 1. The van der Waals surface area contributed by atoms with E-state index in [9.17, 15) is 14.4 Å². The fourth-order valence-electron chi connectivity index (χ4n) is 5.38. The number of amides is 3. The predicted molar refractivity (Wildman–Crippen MR) is 121 cm³/mol. The van der Waals surface area contributed by atoms with Gasteiger partial charge in [-0.05, 0) is 50.5 Å². The maximum absolute atomic E-state index is 13.6. The molecule has 32 heavy (non-hydrogen) atoms. The smallest absolute Gasteiger partial charge is 0.254 e. The van der Waals surface area contributed by atoms with Gasteiger partial charge in [0.25, 0.3) is 11.8 Å². The number of fused-ring (bicyclic) bond motifs is 1. The molecule has 0 aliphatic carbocycles. The van der Waals surface area contributed by atoms with Gasteiger partial charge in [0.15, 0.2) is 0 Å². The summed E-state index contributed by atoms with van der Waals surface area (Å²) in [6.07, 6.45) is 4.32. The van der Waals surface area contributed by atoms with Crippen molar-refractivity contribution in [2.24, 2.45) is 0 Å². The third-order valence-corrected chi connectivity index (χ3v) is 6.79. The summed E-state index contributed by atoms with van der Waals surface area (Å²) in [4.78, 5) is 49.5. The van der Waals surface area contributed by atoms with Crippen LogP contribution in [0, 0.1) is 0 Å². The van der Waals surface area contributed by atoms with E-state index in [4.69, 9.17) is 0 Å². The highest BCUT2D eigenvalue weighted by molar-refractivity contribution is 6.02. The Morgan fingerprint density at radius 2 is 1.69 bits per heavy atom. The summed E-state index contributed by atoms with van der Waals surface area (Å²) in [7, 11) is 3.52. The standard InChI is InChI=1S/C25H30N4O3/c1-17(2)29-23(31)20-8-6-5-7-19(20)21(24(32)27(3)4)25(29)11-15-28(16-12-25)22(30)18-9-13-26-14-10-18/h5-10,13-14,17,21H,11-12,15-16H2,1-4H3. The minimum Gasteiger partial charge on any atom is -0.348 e. The second-order valence-electron chi connectivity index (χ2n) is 9.15. The van der Waals surface area contributed by atoms with Crippen LogP contribution in [0.25, 0.3) is 0 Å². The van der Waals surface area contributed by atoms with Crippen LogP contribution in [0.1, 0.15) is 58.9 Å². The Balaban J connectivity index is 1.75. The summed E-state index contributed by atoms with van der Waals surface area (Å²) >= 11 is 0. The van der Waals surface area contributed by atoms with Crippen molar-refractivity contribution in [3.8, 4) is 0 Å². The molecular weight excluding hydrogens is 404 g/mol. The topological polar surface area (TPSA) is 73.8 Å². The number of pyridine rings is 1. The zero-order valence-electron chi connectivity index (χ0n) is 19.1. The van der Waals surface area contributed by atoms with Crippen molar-refractivity contribution in [2.75, 3.05) is 27.2 Å². The first-order valence-electron chi connectivity index (χ1n) is 11.1. The number of aromatic nitrogens is 1. The molecule has 0 radical (unpaired) electrons. The summed E-state index contributed by atoms with van der Waals surface area (Å²) < 4.78 is 0.